The summed E-state index contributed by atoms with van der Waals surface area (Å²) in [6, 6.07) is 22.3. The number of anilines is 1. The van der Waals surface area contributed by atoms with Crippen LogP contribution in [-0.4, -0.2) is 43.0 Å². The third kappa shape index (κ3) is 5.18. The lowest BCUT2D eigenvalue weighted by atomic mass is 10.0. The largest absolute Gasteiger partial charge is 0.308 e. The minimum absolute atomic E-state index is 0.0436. The lowest BCUT2D eigenvalue weighted by Crippen LogP contribution is -2.37. The first kappa shape index (κ1) is 22.5. The number of aryl methyl sites for hydroxylation is 1. The Labute approximate surface area is 198 Å². The first-order valence-corrected chi connectivity index (χ1v) is 11.8. The Kier molecular flexibility index (Phi) is 6.89. The van der Waals surface area contributed by atoms with E-state index in [-0.39, 0.29) is 5.91 Å². The van der Waals surface area contributed by atoms with E-state index in [0.29, 0.717) is 18.0 Å². The van der Waals surface area contributed by atoms with Crippen molar-refractivity contribution in [2.75, 3.05) is 32.1 Å². The molecule has 0 saturated carbocycles. The molecule has 0 bridgehead atoms. The van der Waals surface area contributed by atoms with Gasteiger partial charge in [-0.25, -0.2) is 4.98 Å². The molecule has 0 unspecified atom stereocenters. The van der Waals surface area contributed by atoms with Crippen LogP contribution in [0.5, 0.6) is 0 Å². The van der Waals surface area contributed by atoms with Gasteiger partial charge in [0, 0.05) is 18.1 Å². The van der Waals surface area contributed by atoms with Gasteiger partial charge in [0.15, 0.2) is 5.13 Å². The van der Waals surface area contributed by atoms with Gasteiger partial charge in [-0.15, -0.1) is 0 Å². The molecule has 0 aliphatic heterocycles. The molecule has 4 rings (SSSR count). The van der Waals surface area contributed by atoms with Crippen LogP contribution in [0.15, 0.2) is 66.7 Å². The molecule has 0 fully saturated rings. The number of hydrogen-bond donors (Lipinski definition) is 0. The number of thiazole rings is 1. The van der Waals surface area contributed by atoms with Crippen LogP contribution >= 0.6 is 22.9 Å². The summed E-state index contributed by atoms with van der Waals surface area (Å²) in [5.41, 5.74) is 5.23. The Bertz CT molecular complexity index is 1220. The summed E-state index contributed by atoms with van der Waals surface area (Å²) in [6.07, 6.45) is 0.332. The SMILES string of the molecule is Cc1cc(Cl)cc2sc(N(CCN(C)C)C(=O)Cc3ccc(-c4ccccc4)cc3)nc12. The molecule has 0 spiro atoms. The van der Waals surface area contributed by atoms with E-state index in [1.165, 1.54) is 16.9 Å². The number of likely N-dealkylation sites (N-methyl/N-ethyl adjacent to an activating group) is 1. The summed E-state index contributed by atoms with van der Waals surface area (Å²) in [6.45, 7) is 3.34. The highest BCUT2D eigenvalue weighted by Crippen LogP contribution is 2.33. The normalized spacial score (nSPS) is 11.3. The third-order valence-electron chi connectivity index (χ3n) is 5.36. The zero-order valence-electron chi connectivity index (χ0n) is 18.5. The van der Waals surface area contributed by atoms with Crippen LogP contribution in [0.4, 0.5) is 5.13 Å². The second-order valence-corrected chi connectivity index (χ2v) is 9.60. The van der Waals surface area contributed by atoms with E-state index < -0.39 is 0 Å². The molecule has 0 aliphatic rings. The smallest absolute Gasteiger partial charge is 0.233 e. The first-order chi connectivity index (χ1) is 15.4. The molecule has 0 atom stereocenters. The summed E-state index contributed by atoms with van der Waals surface area (Å²) in [5, 5.41) is 1.41. The molecule has 3 aromatic carbocycles. The molecule has 0 radical (unpaired) electrons. The Hall–Kier alpha value is -2.73. The average molecular weight is 464 g/mol. The summed E-state index contributed by atoms with van der Waals surface area (Å²) in [7, 11) is 4.01. The Balaban J connectivity index is 1.58. The number of fused-ring (bicyclic) bond motifs is 1. The van der Waals surface area contributed by atoms with Crippen molar-refractivity contribution in [3.05, 3.63) is 82.9 Å². The molecule has 32 heavy (non-hydrogen) atoms. The standard InChI is InChI=1S/C26H26ClN3OS/c1-18-15-22(27)17-23-25(18)28-26(32-23)30(14-13-29(2)3)24(31)16-19-9-11-21(12-10-19)20-7-5-4-6-8-20/h4-12,15,17H,13-14,16H2,1-3H3. The van der Waals surface area contributed by atoms with Crippen LogP contribution < -0.4 is 4.90 Å². The highest BCUT2D eigenvalue weighted by atomic mass is 35.5. The van der Waals surface area contributed by atoms with E-state index in [9.17, 15) is 4.79 Å². The first-order valence-electron chi connectivity index (χ1n) is 10.6. The maximum Gasteiger partial charge on any atom is 0.233 e. The quantitative estimate of drug-likeness (QED) is 0.334. The topological polar surface area (TPSA) is 36.4 Å². The van der Waals surface area contributed by atoms with Crippen molar-refractivity contribution in [3.63, 3.8) is 0 Å². The highest BCUT2D eigenvalue weighted by molar-refractivity contribution is 7.22. The second-order valence-electron chi connectivity index (χ2n) is 8.15. The number of benzene rings is 3. The van der Waals surface area contributed by atoms with E-state index in [0.717, 1.165) is 38.6 Å². The molecule has 1 aromatic heterocycles. The Morgan fingerprint density at radius 3 is 2.34 bits per heavy atom. The van der Waals surface area contributed by atoms with Crippen LogP contribution in [0, 0.1) is 6.92 Å². The van der Waals surface area contributed by atoms with E-state index in [1.807, 2.05) is 68.4 Å². The van der Waals surface area contributed by atoms with Gasteiger partial charge in [0.2, 0.25) is 5.91 Å². The minimum atomic E-state index is 0.0436. The number of carbonyl (C=O) groups is 1. The molecule has 0 aliphatic carbocycles. The van der Waals surface area contributed by atoms with Crippen LogP contribution in [0.3, 0.4) is 0 Å². The molecular formula is C26H26ClN3OS. The van der Waals surface area contributed by atoms with Crippen molar-refractivity contribution >= 4 is 44.2 Å². The van der Waals surface area contributed by atoms with Crippen molar-refractivity contribution in [1.82, 2.24) is 9.88 Å². The molecular weight excluding hydrogens is 438 g/mol. The maximum atomic E-state index is 13.4. The van der Waals surface area contributed by atoms with Crippen LogP contribution in [0.2, 0.25) is 5.02 Å². The van der Waals surface area contributed by atoms with Gasteiger partial charge >= 0.3 is 0 Å². The van der Waals surface area contributed by atoms with Gasteiger partial charge in [-0.1, -0.05) is 77.5 Å². The highest BCUT2D eigenvalue weighted by Gasteiger charge is 2.21. The average Bonchev–Trinajstić information content (AvgIpc) is 3.19. The molecule has 0 N–H and O–H groups in total. The molecule has 1 amide bonds. The summed E-state index contributed by atoms with van der Waals surface area (Å²) >= 11 is 7.75. The van der Waals surface area contributed by atoms with Crippen molar-refractivity contribution in [2.24, 2.45) is 0 Å². The summed E-state index contributed by atoms with van der Waals surface area (Å²) < 4.78 is 1.000. The molecule has 164 valence electrons. The van der Waals surface area contributed by atoms with Gasteiger partial charge in [-0.3, -0.25) is 9.69 Å². The fourth-order valence-corrected chi connectivity index (χ4v) is 5.06. The van der Waals surface area contributed by atoms with Crippen molar-refractivity contribution in [2.45, 2.75) is 13.3 Å². The van der Waals surface area contributed by atoms with Crippen molar-refractivity contribution in [3.8, 4) is 11.1 Å². The van der Waals surface area contributed by atoms with E-state index in [2.05, 4.69) is 29.2 Å². The third-order valence-corrected chi connectivity index (χ3v) is 6.60. The number of aromatic nitrogens is 1. The molecule has 6 heteroatoms. The number of rotatable bonds is 7. The van der Waals surface area contributed by atoms with Crippen LogP contribution in [0.1, 0.15) is 11.1 Å². The van der Waals surface area contributed by atoms with Crippen molar-refractivity contribution in [1.29, 1.82) is 0 Å². The lowest BCUT2D eigenvalue weighted by Gasteiger charge is -2.22. The molecule has 1 heterocycles. The molecule has 4 aromatic rings. The summed E-state index contributed by atoms with van der Waals surface area (Å²) in [4.78, 5) is 22.0. The Morgan fingerprint density at radius 2 is 1.66 bits per heavy atom. The van der Waals surface area contributed by atoms with Crippen LogP contribution in [0.25, 0.3) is 21.3 Å². The fraction of sp³-hybridized carbons (Fsp3) is 0.231. The Morgan fingerprint density at radius 1 is 0.969 bits per heavy atom. The number of hydrogen-bond acceptors (Lipinski definition) is 4. The monoisotopic (exact) mass is 463 g/mol. The van der Waals surface area contributed by atoms with Gasteiger partial charge in [-0.2, -0.15) is 0 Å². The zero-order chi connectivity index (χ0) is 22.7. The number of amides is 1. The van der Waals surface area contributed by atoms with Gasteiger partial charge in [0.1, 0.15) is 0 Å². The minimum Gasteiger partial charge on any atom is -0.308 e. The summed E-state index contributed by atoms with van der Waals surface area (Å²) in [5.74, 6) is 0.0436. The van der Waals surface area contributed by atoms with E-state index in [1.54, 1.807) is 0 Å². The van der Waals surface area contributed by atoms with Gasteiger partial charge < -0.3 is 4.90 Å². The predicted octanol–water partition coefficient (Wildman–Crippen LogP) is 6.06. The maximum absolute atomic E-state index is 13.4. The second kappa shape index (κ2) is 9.82. The molecule has 4 nitrogen and oxygen atoms in total. The predicted molar refractivity (Wildman–Crippen MR) is 136 cm³/mol. The van der Waals surface area contributed by atoms with Crippen LogP contribution in [-0.2, 0) is 11.2 Å². The van der Waals surface area contributed by atoms with E-state index in [4.69, 9.17) is 16.6 Å². The lowest BCUT2D eigenvalue weighted by molar-refractivity contribution is -0.118. The van der Waals surface area contributed by atoms with Gasteiger partial charge in [0.05, 0.1) is 16.6 Å². The van der Waals surface area contributed by atoms with Gasteiger partial charge in [-0.05, 0) is 55.4 Å². The van der Waals surface area contributed by atoms with E-state index >= 15 is 0 Å². The van der Waals surface area contributed by atoms with Gasteiger partial charge in [0.25, 0.3) is 0 Å². The van der Waals surface area contributed by atoms with Crippen molar-refractivity contribution < 1.29 is 4.79 Å². The molecule has 0 saturated heterocycles. The number of halogens is 1. The fourth-order valence-electron chi connectivity index (χ4n) is 3.60. The number of carbonyl (C=O) groups excluding carboxylic acids is 1. The number of nitrogens with zero attached hydrogens (tertiary/aromatic N) is 3. The zero-order valence-corrected chi connectivity index (χ0v) is 20.1.